The molecule has 2 aliphatic rings. The normalized spacial score (nSPS) is 18.8. The molecule has 170 valence electrons. The van der Waals surface area contributed by atoms with Crippen LogP contribution in [0.25, 0.3) is 0 Å². The Balaban J connectivity index is 1.69. The maximum absolute atomic E-state index is 14.7. The molecular formula is C22H25ClFN5O3. The van der Waals surface area contributed by atoms with Gasteiger partial charge in [0, 0.05) is 24.8 Å². The number of likely N-dealkylation sites (tertiary alicyclic amines) is 1. The average Bonchev–Trinajstić information content (AvgIpc) is 3.17. The minimum Gasteiger partial charge on any atom is -0.444 e. The van der Waals surface area contributed by atoms with Gasteiger partial charge in [-0.25, -0.2) is 19.0 Å². The predicted octanol–water partition coefficient (Wildman–Crippen LogP) is 4.53. The van der Waals surface area contributed by atoms with Crippen molar-refractivity contribution in [2.45, 2.75) is 52.3 Å². The number of amides is 3. The zero-order valence-corrected chi connectivity index (χ0v) is 19.2. The van der Waals surface area contributed by atoms with Gasteiger partial charge in [0.05, 0.1) is 18.3 Å². The number of carbonyl (C=O) groups is 2. The van der Waals surface area contributed by atoms with Crippen LogP contribution >= 0.6 is 11.6 Å². The van der Waals surface area contributed by atoms with Crippen molar-refractivity contribution in [3.8, 4) is 0 Å². The molecule has 0 bridgehead atoms. The summed E-state index contributed by atoms with van der Waals surface area (Å²) < 4.78 is 20.2. The largest absolute Gasteiger partial charge is 0.444 e. The van der Waals surface area contributed by atoms with Gasteiger partial charge in [0.15, 0.2) is 0 Å². The number of benzene rings is 1. The molecule has 0 N–H and O–H groups in total. The third-order valence-corrected chi connectivity index (χ3v) is 5.63. The molecule has 1 aromatic carbocycles. The number of carbonyl (C=O) groups excluding carboxylic acids is 2. The first-order valence-corrected chi connectivity index (χ1v) is 10.8. The first-order valence-electron chi connectivity index (χ1n) is 10.4. The highest BCUT2D eigenvalue weighted by Crippen LogP contribution is 2.36. The molecule has 2 aliphatic heterocycles. The lowest BCUT2D eigenvalue weighted by atomic mass is 10.1. The van der Waals surface area contributed by atoms with Crippen LogP contribution in [-0.2, 0) is 11.3 Å². The van der Waals surface area contributed by atoms with Crippen molar-refractivity contribution in [2.75, 3.05) is 22.9 Å². The first-order chi connectivity index (χ1) is 15.0. The molecular weight excluding hydrogens is 437 g/mol. The number of hydrogen-bond donors (Lipinski definition) is 0. The van der Waals surface area contributed by atoms with Crippen molar-refractivity contribution < 1.29 is 18.7 Å². The van der Waals surface area contributed by atoms with Crippen LogP contribution in [0.5, 0.6) is 0 Å². The second kappa shape index (κ2) is 8.20. The maximum atomic E-state index is 14.7. The summed E-state index contributed by atoms with van der Waals surface area (Å²) >= 11 is 6.03. The van der Waals surface area contributed by atoms with Gasteiger partial charge < -0.3 is 9.64 Å². The average molecular weight is 462 g/mol. The maximum Gasteiger partial charge on any atom is 0.410 e. The number of hydrogen-bond acceptors (Lipinski definition) is 5. The van der Waals surface area contributed by atoms with E-state index in [1.165, 1.54) is 15.9 Å². The standard InChI is InChI=1S/C22H25ClFN5O3/c1-13-6-5-7-16(24)17(13)28-11-14-10-25-19(23)26-18(14)29(20(28)30)15-8-9-27(12-15)21(31)32-22(2,3)4/h5-7,10,15H,8-9,11-12H2,1-4H3/t15-/m1/s1. The third-order valence-electron chi connectivity index (χ3n) is 5.44. The monoisotopic (exact) mass is 461 g/mol. The van der Waals surface area contributed by atoms with Gasteiger partial charge in [-0.15, -0.1) is 0 Å². The number of ether oxygens (including phenoxy) is 1. The number of fused-ring (bicyclic) bond motifs is 1. The van der Waals surface area contributed by atoms with E-state index in [2.05, 4.69) is 9.97 Å². The van der Waals surface area contributed by atoms with Gasteiger partial charge in [0.25, 0.3) is 0 Å². The highest BCUT2D eigenvalue weighted by Gasteiger charge is 2.42. The van der Waals surface area contributed by atoms with E-state index < -0.39 is 23.5 Å². The fraction of sp³-hybridized carbons (Fsp3) is 0.455. The van der Waals surface area contributed by atoms with Crippen molar-refractivity contribution in [2.24, 2.45) is 0 Å². The van der Waals surface area contributed by atoms with E-state index in [0.29, 0.717) is 29.9 Å². The second-order valence-electron chi connectivity index (χ2n) is 9.00. The Hall–Kier alpha value is -2.94. The van der Waals surface area contributed by atoms with Crippen molar-refractivity contribution in [3.05, 3.63) is 46.6 Å². The van der Waals surface area contributed by atoms with Crippen LogP contribution in [0.3, 0.4) is 0 Å². The SMILES string of the molecule is Cc1cccc(F)c1N1Cc2cnc(Cl)nc2N([C@@H]2CCN(C(=O)OC(C)(C)C)C2)C1=O. The summed E-state index contributed by atoms with van der Waals surface area (Å²) in [4.78, 5) is 39.0. The molecule has 3 heterocycles. The third kappa shape index (κ3) is 4.21. The molecule has 1 aromatic heterocycles. The summed E-state index contributed by atoms with van der Waals surface area (Å²) in [6.45, 7) is 7.97. The fourth-order valence-electron chi connectivity index (χ4n) is 4.07. The van der Waals surface area contributed by atoms with Crippen molar-refractivity contribution in [1.29, 1.82) is 0 Å². The number of para-hydroxylation sites is 1. The Bertz CT molecular complexity index is 1050. The van der Waals surface area contributed by atoms with Crippen LogP contribution in [0.1, 0.15) is 38.3 Å². The molecule has 0 spiro atoms. The van der Waals surface area contributed by atoms with E-state index in [1.54, 1.807) is 50.9 Å². The Morgan fingerprint density at radius 2 is 2.06 bits per heavy atom. The molecule has 2 aromatic rings. The quantitative estimate of drug-likeness (QED) is 0.614. The summed E-state index contributed by atoms with van der Waals surface area (Å²) in [5, 5.41) is 0.0130. The van der Waals surface area contributed by atoms with E-state index >= 15 is 0 Å². The highest BCUT2D eigenvalue weighted by atomic mass is 35.5. The van der Waals surface area contributed by atoms with Gasteiger partial charge in [0.2, 0.25) is 5.28 Å². The van der Waals surface area contributed by atoms with Gasteiger partial charge in [0.1, 0.15) is 17.2 Å². The molecule has 0 saturated carbocycles. The number of halogens is 2. The lowest BCUT2D eigenvalue weighted by Crippen LogP contribution is -2.54. The van der Waals surface area contributed by atoms with Crippen LogP contribution < -0.4 is 9.80 Å². The van der Waals surface area contributed by atoms with Gasteiger partial charge in [-0.1, -0.05) is 12.1 Å². The van der Waals surface area contributed by atoms with E-state index in [1.807, 2.05) is 0 Å². The molecule has 1 atom stereocenters. The van der Waals surface area contributed by atoms with E-state index in [9.17, 15) is 14.0 Å². The molecule has 0 unspecified atom stereocenters. The Labute approximate surface area is 190 Å². The van der Waals surface area contributed by atoms with Crippen molar-refractivity contribution in [1.82, 2.24) is 14.9 Å². The number of nitrogens with zero attached hydrogens (tertiary/aromatic N) is 5. The summed E-state index contributed by atoms with van der Waals surface area (Å²) in [5.74, 6) is -0.102. The number of aryl methyl sites for hydroxylation is 1. The van der Waals surface area contributed by atoms with Crippen LogP contribution in [0.15, 0.2) is 24.4 Å². The van der Waals surface area contributed by atoms with Gasteiger partial charge in [-0.3, -0.25) is 9.80 Å². The van der Waals surface area contributed by atoms with Crippen molar-refractivity contribution >= 4 is 35.2 Å². The number of rotatable bonds is 2. The van der Waals surface area contributed by atoms with E-state index in [-0.39, 0.29) is 30.1 Å². The second-order valence-corrected chi connectivity index (χ2v) is 9.34. The number of anilines is 2. The zero-order chi connectivity index (χ0) is 23.2. The van der Waals surface area contributed by atoms with Gasteiger partial charge in [-0.05, 0) is 57.3 Å². The lowest BCUT2D eigenvalue weighted by Gasteiger charge is -2.39. The zero-order valence-electron chi connectivity index (χ0n) is 18.4. The van der Waals surface area contributed by atoms with Crippen LogP contribution in [-0.4, -0.2) is 51.7 Å². The summed E-state index contributed by atoms with van der Waals surface area (Å²) in [6, 6.07) is 3.90. The van der Waals surface area contributed by atoms with Crippen LogP contribution in [0, 0.1) is 12.7 Å². The minimum atomic E-state index is -0.622. The summed E-state index contributed by atoms with van der Waals surface area (Å²) in [7, 11) is 0. The van der Waals surface area contributed by atoms with Crippen LogP contribution in [0.2, 0.25) is 5.28 Å². The minimum absolute atomic E-state index is 0.0130. The molecule has 3 amide bonds. The van der Waals surface area contributed by atoms with E-state index in [4.69, 9.17) is 16.3 Å². The molecule has 10 heteroatoms. The number of aromatic nitrogens is 2. The van der Waals surface area contributed by atoms with Gasteiger partial charge >= 0.3 is 12.1 Å². The molecule has 32 heavy (non-hydrogen) atoms. The Morgan fingerprint density at radius 3 is 2.75 bits per heavy atom. The van der Waals surface area contributed by atoms with Gasteiger partial charge in [-0.2, -0.15) is 4.98 Å². The molecule has 1 saturated heterocycles. The van der Waals surface area contributed by atoms with E-state index in [0.717, 1.165) is 0 Å². The Morgan fingerprint density at radius 1 is 1.31 bits per heavy atom. The molecule has 0 radical (unpaired) electrons. The molecule has 8 nitrogen and oxygen atoms in total. The van der Waals surface area contributed by atoms with Crippen molar-refractivity contribution in [3.63, 3.8) is 0 Å². The topological polar surface area (TPSA) is 78.9 Å². The molecule has 1 fully saturated rings. The first kappa shape index (κ1) is 22.3. The smallest absolute Gasteiger partial charge is 0.410 e. The fourth-order valence-corrected chi connectivity index (χ4v) is 4.20. The predicted molar refractivity (Wildman–Crippen MR) is 118 cm³/mol. The summed E-state index contributed by atoms with van der Waals surface area (Å²) in [6.07, 6.45) is 1.64. The molecule has 0 aliphatic carbocycles. The highest BCUT2D eigenvalue weighted by molar-refractivity contribution is 6.28. The summed E-state index contributed by atoms with van der Waals surface area (Å²) in [5.41, 5.74) is 0.874. The lowest BCUT2D eigenvalue weighted by molar-refractivity contribution is 0.0292. The molecule has 4 rings (SSSR count). The van der Waals surface area contributed by atoms with Crippen LogP contribution in [0.4, 0.5) is 25.5 Å². The number of urea groups is 1. The Kier molecular flexibility index (Phi) is 5.70.